The molecule has 1 fully saturated rings. The van der Waals surface area contributed by atoms with Gasteiger partial charge in [0.25, 0.3) is 0 Å². The van der Waals surface area contributed by atoms with E-state index in [1.807, 2.05) is 6.92 Å². The highest BCUT2D eigenvalue weighted by Crippen LogP contribution is 2.25. The summed E-state index contributed by atoms with van der Waals surface area (Å²) >= 11 is 0. The SMILES string of the molecule is C/C(=C/C1CCCCC1)CC(=O)O. The minimum atomic E-state index is -0.718. The van der Waals surface area contributed by atoms with Gasteiger partial charge in [0.1, 0.15) is 0 Å². The Labute approximate surface area is 79.6 Å². The Kier molecular flexibility index (Phi) is 4.00. The standard InChI is InChI=1S/C11H18O2/c1-9(8-11(12)13)7-10-5-3-2-4-6-10/h7,10H,2-6,8H2,1H3,(H,12,13)/b9-7-. The van der Waals surface area contributed by atoms with Gasteiger partial charge in [-0.15, -0.1) is 0 Å². The second-order valence-corrected chi connectivity index (χ2v) is 3.98. The maximum atomic E-state index is 10.4. The average molecular weight is 182 g/mol. The highest BCUT2D eigenvalue weighted by atomic mass is 16.4. The number of allylic oxidation sites excluding steroid dienone is 1. The smallest absolute Gasteiger partial charge is 0.307 e. The molecule has 1 saturated carbocycles. The molecule has 0 saturated heterocycles. The molecule has 2 heteroatoms. The Morgan fingerprint density at radius 2 is 2.00 bits per heavy atom. The van der Waals surface area contributed by atoms with Crippen molar-refractivity contribution < 1.29 is 9.90 Å². The normalized spacial score (nSPS) is 20.2. The van der Waals surface area contributed by atoms with Gasteiger partial charge in [0.2, 0.25) is 0 Å². The second kappa shape index (κ2) is 5.05. The lowest BCUT2D eigenvalue weighted by atomic mass is 9.88. The molecular weight excluding hydrogens is 164 g/mol. The average Bonchev–Trinajstić information content (AvgIpc) is 2.04. The van der Waals surface area contributed by atoms with E-state index >= 15 is 0 Å². The molecule has 1 aliphatic carbocycles. The van der Waals surface area contributed by atoms with Crippen LogP contribution in [0, 0.1) is 5.92 Å². The van der Waals surface area contributed by atoms with Gasteiger partial charge >= 0.3 is 5.97 Å². The number of carboxylic acid groups (broad SMARTS) is 1. The Morgan fingerprint density at radius 3 is 2.54 bits per heavy atom. The van der Waals surface area contributed by atoms with Crippen molar-refractivity contribution in [1.82, 2.24) is 0 Å². The fourth-order valence-corrected chi connectivity index (χ4v) is 2.00. The predicted molar refractivity (Wildman–Crippen MR) is 52.6 cm³/mol. The Morgan fingerprint density at radius 1 is 1.38 bits per heavy atom. The summed E-state index contributed by atoms with van der Waals surface area (Å²) in [4.78, 5) is 10.4. The van der Waals surface area contributed by atoms with Gasteiger partial charge in [-0.05, 0) is 25.7 Å². The van der Waals surface area contributed by atoms with Crippen LogP contribution in [-0.2, 0) is 4.79 Å². The molecule has 1 N–H and O–H groups in total. The summed E-state index contributed by atoms with van der Waals surface area (Å²) < 4.78 is 0. The maximum Gasteiger partial charge on any atom is 0.307 e. The van der Waals surface area contributed by atoms with Crippen molar-refractivity contribution in [2.45, 2.75) is 45.4 Å². The highest BCUT2D eigenvalue weighted by molar-refractivity contribution is 5.69. The van der Waals surface area contributed by atoms with Crippen LogP contribution in [0.3, 0.4) is 0 Å². The van der Waals surface area contributed by atoms with Crippen LogP contribution in [0.1, 0.15) is 45.4 Å². The van der Waals surface area contributed by atoms with Gasteiger partial charge in [0.05, 0.1) is 6.42 Å². The maximum absolute atomic E-state index is 10.4. The van der Waals surface area contributed by atoms with Crippen molar-refractivity contribution in [3.8, 4) is 0 Å². The summed E-state index contributed by atoms with van der Waals surface area (Å²) in [6.07, 6.45) is 8.82. The van der Waals surface area contributed by atoms with Crippen molar-refractivity contribution in [2.24, 2.45) is 5.92 Å². The van der Waals surface area contributed by atoms with Gasteiger partial charge in [-0.25, -0.2) is 0 Å². The number of hydrogen-bond acceptors (Lipinski definition) is 1. The van der Waals surface area contributed by atoms with E-state index in [1.165, 1.54) is 32.1 Å². The molecule has 0 amide bonds. The quantitative estimate of drug-likeness (QED) is 0.681. The van der Waals surface area contributed by atoms with Gasteiger partial charge in [-0.1, -0.05) is 30.9 Å². The van der Waals surface area contributed by atoms with Crippen LogP contribution >= 0.6 is 0 Å². The predicted octanol–water partition coefficient (Wildman–Crippen LogP) is 2.99. The Hall–Kier alpha value is -0.790. The molecule has 0 aliphatic heterocycles. The molecular formula is C11H18O2. The molecule has 0 heterocycles. The topological polar surface area (TPSA) is 37.3 Å². The van der Waals surface area contributed by atoms with Crippen molar-refractivity contribution in [1.29, 1.82) is 0 Å². The molecule has 0 bridgehead atoms. The molecule has 0 atom stereocenters. The first-order valence-corrected chi connectivity index (χ1v) is 5.07. The summed E-state index contributed by atoms with van der Waals surface area (Å²) in [7, 11) is 0. The number of hydrogen-bond donors (Lipinski definition) is 1. The van der Waals surface area contributed by atoms with Crippen LogP contribution in [0.2, 0.25) is 0 Å². The van der Waals surface area contributed by atoms with E-state index in [9.17, 15) is 4.79 Å². The molecule has 0 unspecified atom stereocenters. The first-order chi connectivity index (χ1) is 6.18. The summed E-state index contributed by atoms with van der Waals surface area (Å²) in [5.41, 5.74) is 1.01. The van der Waals surface area contributed by atoms with Crippen molar-refractivity contribution in [3.05, 3.63) is 11.6 Å². The largest absolute Gasteiger partial charge is 0.481 e. The zero-order chi connectivity index (χ0) is 9.68. The minimum absolute atomic E-state index is 0.205. The van der Waals surface area contributed by atoms with Crippen molar-refractivity contribution in [3.63, 3.8) is 0 Å². The van der Waals surface area contributed by atoms with Crippen LogP contribution < -0.4 is 0 Å². The monoisotopic (exact) mass is 182 g/mol. The van der Waals surface area contributed by atoms with E-state index in [0.29, 0.717) is 5.92 Å². The molecule has 0 aromatic carbocycles. The zero-order valence-corrected chi connectivity index (χ0v) is 8.25. The molecule has 13 heavy (non-hydrogen) atoms. The molecule has 0 spiro atoms. The third-order valence-corrected chi connectivity index (χ3v) is 2.60. The highest BCUT2D eigenvalue weighted by Gasteiger charge is 2.11. The summed E-state index contributed by atoms with van der Waals surface area (Å²) in [5, 5.41) is 8.57. The third kappa shape index (κ3) is 4.11. The first-order valence-electron chi connectivity index (χ1n) is 5.07. The van der Waals surface area contributed by atoms with Gasteiger partial charge in [0, 0.05) is 0 Å². The van der Waals surface area contributed by atoms with E-state index in [0.717, 1.165) is 5.57 Å². The van der Waals surface area contributed by atoms with Gasteiger partial charge in [0.15, 0.2) is 0 Å². The molecule has 0 aromatic rings. The molecule has 1 aliphatic rings. The van der Waals surface area contributed by atoms with Crippen LogP contribution in [0.25, 0.3) is 0 Å². The van der Waals surface area contributed by atoms with E-state index in [-0.39, 0.29) is 6.42 Å². The summed E-state index contributed by atoms with van der Waals surface area (Å²) in [5.74, 6) is -0.0716. The van der Waals surface area contributed by atoms with Crippen LogP contribution in [0.4, 0.5) is 0 Å². The zero-order valence-electron chi connectivity index (χ0n) is 8.25. The lowest BCUT2D eigenvalue weighted by molar-refractivity contribution is -0.136. The summed E-state index contributed by atoms with van der Waals surface area (Å²) in [6.45, 7) is 1.92. The van der Waals surface area contributed by atoms with Crippen molar-refractivity contribution in [2.75, 3.05) is 0 Å². The van der Waals surface area contributed by atoms with Crippen LogP contribution in [-0.4, -0.2) is 11.1 Å². The van der Waals surface area contributed by atoms with Crippen LogP contribution in [0.15, 0.2) is 11.6 Å². The van der Waals surface area contributed by atoms with E-state index in [4.69, 9.17) is 5.11 Å². The first kappa shape index (κ1) is 10.3. The van der Waals surface area contributed by atoms with E-state index < -0.39 is 5.97 Å². The lowest BCUT2D eigenvalue weighted by Crippen LogP contribution is -2.04. The lowest BCUT2D eigenvalue weighted by Gasteiger charge is -2.18. The molecule has 0 radical (unpaired) electrons. The second-order valence-electron chi connectivity index (χ2n) is 3.98. The number of carbonyl (C=O) groups is 1. The number of aliphatic carboxylic acids is 1. The van der Waals surface area contributed by atoms with Gasteiger partial charge in [-0.3, -0.25) is 4.79 Å². The van der Waals surface area contributed by atoms with E-state index in [1.54, 1.807) is 0 Å². The Bertz CT molecular complexity index is 200. The summed E-state index contributed by atoms with van der Waals surface area (Å²) in [6, 6.07) is 0. The third-order valence-electron chi connectivity index (χ3n) is 2.60. The molecule has 0 aromatic heterocycles. The van der Waals surface area contributed by atoms with Crippen LogP contribution in [0.5, 0.6) is 0 Å². The van der Waals surface area contributed by atoms with Crippen molar-refractivity contribution >= 4 is 5.97 Å². The minimum Gasteiger partial charge on any atom is -0.481 e. The number of rotatable bonds is 3. The van der Waals surface area contributed by atoms with Gasteiger partial charge in [-0.2, -0.15) is 0 Å². The molecule has 1 rings (SSSR count). The fraction of sp³-hybridized carbons (Fsp3) is 0.727. The number of carboxylic acids is 1. The van der Waals surface area contributed by atoms with Gasteiger partial charge < -0.3 is 5.11 Å². The fourth-order valence-electron chi connectivity index (χ4n) is 2.00. The molecule has 2 nitrogen and oxygen atoms in total. The molecule has 74 valence electrons. The van der Waals surface area contributed by atoms with E-state index in [2.05, 4.69) is 6.08 Å². The Balaban J connectivity index is 2.38.